The number of nitrogens with one attached hydrogen (secondary N) is 2. The van der Waals surface area contributed by atoms with E-state index in [2.05, 4.69) is 20.5 Å². The molecule has 2 rings (SSSR count). The predicted molar refractivity (Wildman–Crippen MR) is 67.7 cm³/mol. The smallest absolute Gasteiger partial charge is 0.230 e. The zero-order valence-corrected chi connectivity index (χ0v) is 11.3. The first kappa shape index (κ1) is 13.3. The third kappa shape index (κ3) is 3.98. The maximum atomic E-state index is 11.5. The first-order chi connectivity index (χ1) is 8.55. The Hall–Kier alpha value is -1.09. The molecule has 1 aromatic rings. The molecule has 1 amide bonds. The molecule has 1 aliphatic heterocycles. The SMILES string of the molecule is O=C(CSC1CCS(=O)(=O)C1)NCc1ncn[nH]1. The zero-order valence-electron chi connectivity index (χ0n) is 9.63. The number of H-pyrrole nitrogens is 1. The number of aromatic amines is 1. The van der Waals surface area contributed by atoms with Crippen LogP contribution in [0.3, 0.4) is 0 Å². The fourth-order valence-electron chi connectivity index (χ4n) is 1.64. The lowest BCUT2D eigenvalue weighted by atomic mass is 10.4. The van der Waals surface area contributed by atoms with Crippen molar-refractivity contribution in [2.24, 2.45) is 0 Å². The van der Waals surface area contributed by atoms with Gasteiger partial charge in [0.1, 0.15) is 12.2 Å². The van der Waals surface area contributed by atoms with Crippen molar-refractivity contribution >= 4 is 27.5 Å². The minimum Gasteiger partial charge on any atom is -0.348 e. The van der Waals surface area contributed by atoms with Crippen LogP contribution in [-0.4, -0.2) is 52.0 Å². The van der Waals surface area contributed by atoms with E-state index in [0.29, 0.717) is 18.8 Å². The Balaban J connectivity index is 1.66. The van der Waals surface area contributed by atoms with Crippen LogP contribution in [0, 0.1) is 0 Å². The monoisotopic (exact) mass is 290 g/mol. The van der Waals surface area contributed by atoms with Crippen LogP contribution in [0.4, 0.5) is 0 Å². The molecule has 1 saturated heterocycles. The Morgan fingerprint density at radius 3 is 3.06 bits per heavy atom. The molecule has 0 bridgehead atoms. The molecule has 0 saturated carbocycles. The van der Waals surface area contributed by atoms with Crippen LogP contribution in [0.1, 0.15) is 12.2 Å². The molecule has 7 nitrogen and oxygen atoms in total. The van der Waals surface area contributed by atoms with Gasteiger partial charge in [-0.25, -0.2) is 13.4 Å². The molecule has 1 aromatic heterocycles. The molecule has 9 heteroatoms. The van der Waals surface area contributed by atoms with Crippen molar-refractivity contribution < 1.29 is 13.2 Å². The van der Waals surface area contributed by atoms with Gasteiger partial charge < -0.3 is 5.32 Å². The minimum absolute atomic E-state index is 0.0472. The normalized spacial score (nSPS) is 21.9. The second-order valence-electron chi connectivity index (χ2n) is 4.04. The molecule has 1 fully saturated rings. The summed E-state index contributed by atoms with van der Waals surface area (Å²) < 4.78 is 22.5. The summed E-state index contributed by atoms with van der Waals surface area (Å²) in [4.78, 5) is 15.4. The van der Waals surface area contributed by atoms with Gasteiger partial charge >= 0.3 is 0 Å². The van der Waals surface area contributed by atoms with Gasteiger partial charge in [0.05, 0.1) is 23.8 Å². The lowest BCUT2D eigenvalue weighted by molar-refractivity contribution is -0.118. The first-order valence-electron chi connectivity index (χ1n) is 5.48. The Kier molecular flexibility index (Phi) is 4.23. The van der Waals surface area contributed by atoms with Gasteiger partial charge in [-0.1, -0.05) is 0 Å². The molecule has 0 radical (unpaired) electrons. The summed E-state index contributed by atoms with van der Waals surface area (Å²) in [5.41, 5.74) is 0. The lowest BCUT2D eigenvalue weighted by Crippen LogP contribution is -2.26. The summed E-state index contributed by atoms with van der Waals surface area (Å²) in [6.07, 6.45) is 2.02. The van der Waals surface area contributed by atoms with E-state index in [1.807, 2.05) is 0 Å². The molecule has 0 aliphatic carbocycles. The van der Waals surface area contributed by atoms with E-state index in [1.54, 1.807) is 0 Å². The Morgan fingerprint density at radius 1 is 1.61 bits per heavy atom. The quantitative estimate of drug-likeness (QED) is 0.746. The molecular formula is C9H14N4O3S2. The number of rotatable bonds is 5. The molecule has 2 heterocycles. The Morgan fingerprint density at radius 2 is 2.44 bits per heavy atom. The highest BCUT2D eigenvalue weighted by molar-refractivity contribution is 8.02. The van der Waals surface area contributed by atoms with Gasteiger partial charge in [0.2, 0.25) is 5.91 Å². The fourth-order valence-corrected chi connectivity index (χ4v) is 5.11. The highest BCUT2D eigenvalue weighted by Gasteiger charge is 2.28. The highest BCUT2D eigenvalue weighted by atomic mass is 32.2. The fraction of sp³-hybridized carbons (Fsp3) is 0.667. The second kappa shape index (κ2) is 5.70. The molecule has 2 N–H and O–H groups in total. The standard InChI is InChI=1S/C9H14N4O3S2/c14-9(10-3-8-11-6-12-13-8)4-17-7-1-2-18(15,16)5-7/h6-7H,1-5H2,(H,10,14)(H,11,12,13). The number of sulfone groups is 1. The van der Waals surface area contributed by atoms with Crippen LogP contribution in [-0.2, 0) is 21.2 Å². The molecule has 0 spiro atoms. The Bertz CT molecular complexity index is 500. The average Bonchev–Trinajstić information content (AvgIpc) is 2.93. The van der Waals surface area contributed by atoms with Crippen LogP contribution in [0.15, 0.2) is 6.33 Å². The summed E-state index contributed by atoms with van der Waals surface area (Å²) in [7, 11) is -2.87. The molecule has 1 unspecified atom stereocenters. The number of carbonyl (C=O) groups is 1. The summed E-state index contributed by atoms with van der Waals surface area (Å²) in [5.74, 6) is 1.17. The van der Waals surface area contributed by atoms with Crippen LogP contribution in [0.2, 0.25) is 0 Å². The van der Waals surface area contributed by atoms with Gasteiger partial charge in [-0.2, -0.15) is 5.10 Å². The molecule has 18 heavy (non-hydrogen) atoms. The largest absolute Gasteiger partial charge is 0.348 e. The average molecular weight is 290 g/mol. The predicted octanol–water partition coefficient (Wildman–Crippen LogP) is -0.659. The van der Waals surface area contributed by atoms with E-state index in [-0.39, 0.29) is 28.4 Å². The van der Waals surface area contributed by atoms with Crippen molar-refractivity contribution in [3.63, 3.8) is 0 Å². The number of hydrogen-bond donors (Lipinski definition) is 2. The second-order valence-corrected chi connectivity index (χ2v) is 7.56. The van der Waals surface area contributed by atoms with Gasteiger partial charge in [-0.05, 0) is 6.42 Å². The third-order valence-corrected chi connectivity index (χ3v) is 5.84. The van der Waals surface area contributed by atoms with E-state index < -0.39 is 9.84 Å². The van der Waals surface area contributed by atoms with E-state index in [0.717, 1.165) is 0 Å². The van der Waals surface area contributed by atoms with Crippen molar-refractivity contribution in [1.29, 1.82) is 0 Å². The number of carbonyl (C=O) groups excluding carboxylic acids is 1. The van der Waals surface area contributed by atoms with Gasteiger partial charge in [0.25, 0.3) is 0 Å². The maximum Gasteiger partial charge on any atom is 0.230 e. The lowest BCUT2D eigenvalue weighted by Gasteiger charge is -2.07. The topological polar surface area (TPSA) is 105 Å². The molecule has 0 aromatic carbocycles. The summed E-state index contributed by atoms with van der Waals surface area (Å²) in [6, 6.07) is 0. The first-order valence-corrected chi connectivity index (χ1v) is 8.35. The number of hydrogen-bond acceptors (Lipinski definition) is 6. The Labute approximate surface area is 109 Å². The number of thioether (sulfide) groups is 1. The van der Waals surface area contributed by atoms with Gasteiger partial charge in [-0.3, -0.25) is 9.89 Å². The van der Waals surface area contributed by atoms with E-state index >= 15 is 0 Å². The van der Waals surface area contributed by atoms with E-state index in [4.69, 9.17) is 0 Å². The molecular weight excluding hydrogens is 276 g/mol. The molecule has 1 aliphatic rings. The van der Waals surface area contributed by atoms with Gasteiger partial charge in [-0.15, -0.1) is 11.8 Å². The number of aromatic nitrogens is 3. The van der Waals surface area contributed by atoms with Crippen LogP contribution in [0.5, 0.6) is 0 Å². The molecule has 1 atom stereocenters. The van der Waals surface area contributed by atoms with Crippen molar-refractivity contribution in [1.82, 2.24) is 20.5 Å². The van der Waals surface area contributed by atoms with Crippen LogP contribution in [0.25, 0.3) is 0 Å². The number of nitrogens with zero attached hydrogens (tertiary/aromatic N) is 2. The maximum absolute atomic E-state index is 11.5. The van der Waals surface area contributed by atoms with Gasteiger partial charge in [0.15, 0.2) is 9.84 Å². The molecule has 100 valence electrons. The minimum atomic E-state index is -2.87. The van der Waals surface area contributed by atoms with Crippen molar-refractivity contribution in [3.05, 3.63) is 12.2 Å². The third-order valence-electron chi connectivity index (χ3n) is 2.56. The van der Waals surface area contributed by atoms with Crippen molar-refractivity contribution in [3.8, 4) is 0 Å². The van der Waals surface area contributed by atoms with Crippen molar-refractivity contribution in [2.75, 3.05) is 17.3 Å². The summed E-state index contributed by atoms with van der Waals surface area (Å²) in [5, 5.41) is 9.04. The van der Waals surface area contributed by atoms with Crippen LogP contribution < -0.4 is 5.32 Å². The van der Waals surface area contributed by atoms with E-state index in [9.17, 15) is 13.2 Å². The number of amides is 1. The van der Waals surface area contributed by atoms with Crippen molar-refractivity contribution in [2.45, 2.75) is 18.2 Å². The van der Waals surface area contributed by atoms with E-state index in [1.165, 1.54) is 18.1 Å². The van der Waals surface area contributed by atoms with Gasteiger partial charge in [0, 0.05) is 5.25 Å². The van der Waals surface area contributed by atoms with Crippen LogP contribution >= 0.6 is 11.8 Å². The summed E-state index contributed by atoms with van der Waals surface area (Å²) >= 11 is 1.39. The highest BCUT2D eigenvalue weighted by Crippen LogP contribution is 2.23. The summed E-state index contributed by atoms with van der Waals surface area (Å²) in [6.45, 7) is 0.308. The zero-order chi connectivity index (χ0) is 13.0.